The third-order valence-electron chi connectivity index (χ3n) is 4.12. The first-order valence-corrected chi connectivity index (χ1v) is 8.21. The third kappa shape index (κ3) is 3.89. The van der Waals surface area contributed by atoms with E-state index in [1.54, 1.807) is 24.3 Å². The Kier molecular flexibility index (Phi) is 4.99. The van der Waals surface area contributed by atoms with Crippen molar-refractivity contribution in [1.29, 1.82) is 5.41 Å². The fraction of sp³-hybridized carbons (Fsp3) is 0.0476. The summed E-state index contributed by atoms with van der Waals surface area (Å²) in [5.41, 5.74) is 15.9. The second kappa shape index (κ2) is 7.53. The number of carbonyl (C=O) groups is 1. The standard InChI is InChI=1S/C21H20N4O/c22-19-11-10-17(15-4-2-1-3-5-15)12-18(19)21(26)25-13-14-6-8-16(9-7-14)20(23)24/h1-12H,13,22H2,(H3,23,24)(H,25,26). The molecule has 0 saturated heterocycles. The second-order valence-corrected chi connectivity index (χ2v) is 5.96. The van der Waals surface area contributed by atoms with Crippen LogP contribution in [0.4, 0.5) is 5.69 Å². The van der Waals surface area contributed by atoms with Crippen LogP contribution in [-0.4, -0.2) is 11.7 Å². The van der Waals surface area contributed by atoms with Gasteiger partial charge in [-0.1, -0.05) is 60.7 Å². The molecule has 0 unspecified atom stereocenters. The largest absolute Gasteiger partial charge is 0.398 e. The van der Waals surface area contributed by atoms with Gasteiger partial charge >= 0.3 is 0 Å². The van der Waals surface area contributed by atoms with Crippen molar-refractivity contribution in [3.63, 3.8) is 0 Å². The minimum Gasteiger partial charge on any atom is -0.398 e. The van der Waals surface area contributed by atoms with E-state index in [0.29, 0.717) is 23.4 Å². The number of anilines is 1. The molecule has 6 N–H and O–H groups in total. The van der Waals surface area contributed by atoms with E-state index in [2.05, 4.69) is 5.32 Å². The maximum atomic E-state index is 12.6. The van der Waals surface area contributed by atoms with Crippen LogP contribution in [0.2, 0.25) is 0 Å². The highest BCUT2D eigenvalue weighted by Crippen LogP contribution is 2.23. The highest BCUT2D eigenvalue weighted by Gasteiger charge is 2.11. The van der Waals surface area contributed by atoms with Crippen molar-refractivity contribution in [2.45, 2.75) is 6.54 Å². The minimum absolute atomic E-state index is 0.0195. The van der Waals surface area contributed by atoms with Crippen LogP contribution in [0.1, 0.15) is 21.5 Å². The number of nitrogens with two attached hydrogens (primary N) is 2. The van der Waals surface area contributed by atoms with Crippen molar-refractivity contribution in [3.05, 3.63) is 89.5 Å². The summed E-state index contributed by atoms with van der Waals surface area (Å²) in [6.07, 6.45) is 0. The van der Waals surface area contributed by atoms with E-state index >= 15 is 0 Å². The number of nitrogen functional groups attached to an aromatic ring is 2. The van der Waals surface area contributed by atoms with Crippen molar-refractivity contribution in [3.8, 4) is 11.1 Å². The Labute approximate surface area is 152 Å². The number of hydrogen-bond acceptors (Lipinski definition) is 3. The van der Waals surface area contributed by atoms with Crippen LogP contribution in [0.5, 0.6) is 0 Å². The van der Waals surface area contributed by atoms with Crippen LogP contribution < -0.4 is 16.8 Å². The molecule has 0 atom stereocenters. The van der Waals surface area contributed by atoms with Gasteiger partial charge < -0.3 is 16.8 Å². The normalized spacial score (nSPS) is 10.3. The van der Waals surface area contributed by atoms with Gasteiger partial charge in [0.15, 0.2) is 0 Å². The molecule has 0 spiro atoms. The number of amidine groups is 1. The van der Waals surface area contributed by atoms with Gasteiger partial charge in [0.05, 0.1) is 5.56 Å². The average Bonchev–Trinajstić information content (AvgIpc) is 2.67. The zero-order chi connectivity index (χ0) is 18.5. The summed E-state index contributed by atoms with van der Waals surface area (Å²) in [7, 11) is 0. The molecule has 0 saturated carbocycles. The molecule has 0 heterocycles. The van der Waals surface area contributed by atoms with E-state index in [1.807, 2.05) is 48.5 Å². The van der Waals surface area contributed by atoms with Gasteiger partial charge in [0.25, 0.3) is 5.91 Å². The maximum Gasteiger partial charge on any atom is 0.253 e. The molecule has 5 nitrogen and oxygen atoms in total. The Morgan fingerprint density at radius 3 is 2.27 bits per heavy atom. The van der Waals surface area contributed by atoms with Crippen LogP contribution in [0.3, 0.4) is 0 Å². The van der Waals surface area contributed by atoms with Gasteiger partial charge in [-0.15, -0.1) is 0 Å². The summed E-state index contributed by atoms with van der Waals surface area (Å²) < 4.78 is 0. The molecular formula is C21H20N4O. The molecule has 0 aliphatic heterocycles. The topological polar surface area (TPSA) is 105 Å². The molecule has 0 aromatic heterocycles. The predicted molar refractivity (Wildman–Crippen MR) is 105 cm³/mol. The quantitative estimate of drug-likeness (QED) is 0.324. The number of hydrogen-bond donors (Lipinski definition) is 4. The second-order valence-electron chi connectivity index (χ2n) is 5.96. The van der Waals surface area contributed by atoms with E-state index in [4.69, 9.17) is 16.9 Å². The first-order valence-electron chi connectivity index (χ1n) is 8.21. The summed E-state index contributed by atoms with van der Waals surface area (Å²) in [5.74, 6) is -0.206. The van der Waals surface area contributed by atoms with Gasteiger partial charge in [-0.2, -0.15) is 0 Å². The van der Waals surface area contributed by atoms with E-state index in [0.717, 1.165) is 16.7 Å². The highest BCUT2D eigenvalue weighted by molar-refractivity contribution is 6.00. The fourth-order valence-corrected chi connectivity index (χ4v) is 2.64. The van der Waals surface area contributed by atoms with Crippen LogP contribution in [0, 0.1) is 5.41 Å². The molecule has 0 fully saturated rings. The number of rotatable bonds is 5. The first-order chi connectivity index (χ1) is 12.5. The highest BCUT2D eigenvalue weighted by atomic mass is 16.1. The average molecular weight is 344 g/mol. The molecule has 3 rings (SSSR count). The van der Waals surface area contributed by atoms with Gasteiger partial charge in [-0.3, -0.25) is 10.2 Å². The lowest BCUT2D eigenvalue weighted by atomic mass is 10.0. The SMILES string of the molecule is N=C(N)c1ccc(CNC(=O)c2cc(-c3ccccc3)ccc2N)cc1. The van der Waals surface area contributed by atoms with Crippen LogP contribution in [0.25, 0.3) is 11.1 Å². The third-order valence-corrected chi connectivity index (χ3v) is 4.12. The van der Waals surface area contributed by atoms with Gasteiger partial charge in [-0.25, -0.2) is 0 Å². The van der Waals surface area contributed by atoms with Gasteiger partial charge in [0.1, 0.15) is 5.84 Å². The molecule has 1 amide bonds. The number of nitrogens with one attached hydrogen (secondary N) is 2. The van der Waals surface area contributed by atoms with Gasteiger partial charge in [0.2, 0.25) is 0 Å². The molecule has 26 heavy (non-hydrogen) atoms. The maximum absolute atomic E-state index is 12.6. The summed E-state index contributed by atoms with van der Waals surface area (Å²) in [5, 5.41) is 10.3. The number of carbonyl (C=O) groups excluding carboxylic acids is 1. The van der Waals surface area contributed by atoms with Crippen molar-refractivity contribution < 1.29 is 4.79 Å². The zero-order valence-corrected chi connectivity index (χ0v) is 14.2. The first kappa shape index (κ1) is 17.2. The van der Waals surface area contributed by atoms with E-state index in [-0.39, 0.29) is 11.7 Å². The lowest BCUT2D eigenvalue weighted by molar-refractivity contribution is 0.0952. The molecule has 5 heteroatoms. The molecular weight excluding hydrogens is 324 g/mol. The van der Waals surface area contributed by atoms with Gasteiger partial charge in [0, 0.05) is 17.8 Å². The summed E-state index contributed by atoms with van der Waals surface area (Å²) in [4.78, 5) is 12.6. The zero-order valence-electron chi connectivity index (χ0n) is 14.2. The van der Waals surface area contributed by atoms with E-state index < -0.39 is 0 Å². The van der Waals surface area contributed by atoms with Crippen molar-refractivity contribution in [1.82, 2.24) is 5.32 Å². The number of amides is 1. The van der Waals surface area contributed by atoms with E-state index in [9.17, 15) is 4.79 Å². The number of benzene rings is 3. The molecule has 0 radical (unpaired) electrons. The van der Waals surface area contributed by atoms with Crippen molar-refractivity contribution in [2.24, 2.45) is 5.73 Å². The Morgan fingerprint density at radius 2 is 1.62 bits per heavy atom. The van der Waals surface area contributed by atoms with Crippen LogP contribution in [0.15, 0.2) is 72.8 Å². The molecule has 0 aliphatic carbocycles. The van der Waals surface area contributed by atoms with Crippen molar-refractivity contribution in [2.75, 3.05) is 5.73 Å². The van der Waals surface area contributed by atoms with Crippen molar-refractivity contribution >= 4 is 17.4 Å². The predicted octanol–water partition coefficient (Wildman–Crippen LogP) is 3.15. The lowest BCUT2D eigenvalue weighted by Crippen LogP contribution is -2.24. The minimum atomic E-state index is -0.226. The molecule has 3 aromatic carbocycles. The molecule has 3 aromatic rings. The Bertz CT molecular complexity index is 934. The Morgan fingerprint density at radius 1 is 0.923 bits per heavy atom. The molecule has 0 bridgehead atoms. The van der Waals surface area contributed by atoms with Crippen LogP contribution >= 0.6 is 0 Å². The summed E-state index contributed by atoms with van der Waals surface area (Å²) >= 11 is 0. The smallest absolute Gasteiger partial charge is 0.253 e. The lowest BCUT2D eigenvalue weighted by Gasteiger charge is -2.10. The monoisotopic (exact) mass is 344 g/mol. The molecule has 0 aliphatic rings. The van der Waals surface area contributed by atoms with Gasteiger partial charge in [-0.05, 0) is 28.8 Å². The van der Waals surface area contributed by atoms with E-state index in [1.165, 1.54) is 0 Å². The molecule has 130 valence electrons. The fourth-order valence-electron chi connectivity index (χ4n) is 2.64. The summed E-state index contributed by atoms with van der Waals surface area (Å²) in [6.45, 7) is 0.367. The Hall–Kier alpha value is -3.60. The summed E-state index contributed by atoms with van der Waals surface area (Å²) in [6, 6.07) is 22.5. The Balaban J connectivity index is 1.74. The van der Waals surface area contributed by atoms with Crippen LogP contribution in [-0.2, 0) is 6.54 Å².